The van der Waals surface area contributed by atoms with Crippen LogP contribution < -0.4 is 5.32 Å². The van der Waals surface area contributed by atoms with Crippen LogP contribution in [0.4, 0.5) is 9.52 Å². The smallest absolute Gasteiger partial charge is 0.258 e. The normalized spacial score (nSPS) is 10.8. The maximum Gasteiger partial charge on any atom is 0.258 e. The van der Waals surface area contributed by atoms with Crippen molar-refractivity contribution >= 4 is 60.1 Å². The molecular weight excluding hydrogens is 379 g/mol. The average molecular weight is 386 g/mol. The third-order valence-electron chi connectivity index (χ3n) is 2.77. The van der Waals surface area contributed by atoms with Gasteiger partial charge in [0, 0.05) is 5.02 Å². The highest BCUT2D eigenvalue weighted by Crippen LogP contribution is 2.29. The van der Waals surface area contributed by atoms with E-state index >= 15 is 0 Å². The molecule has 0 radical (unpaired) electrons. The Labute approximate surface area is 136 Å². The fourth-order valence-corrected chi connectivity index (χ4v) is 3.38. The molecular formula is C14H7BrClFN2OS. The molecule has 3 rings (SSSR count). The fourth-order valence-electron chi connectivity index (χ4n) is 1.80. The van der Waals surface area contributed by atoms with Crippen LogP contribution in [0.15, 0.2) is 40.9 Å². The first-order chi connectivity index (χ1) is 10.0. The maximum atomic E-state index is 13.4. The van der Waals surface area contributed by atoms with Gasteiger partial charge in [-0.2, -0.15) is 0 Å². The quantitative estimate of drug-likeness (QED) is 0.666. The van der Waals surface area contributed by atoms with Gasteiger partial charge in [0.05, 0.1) is 20.3 Å². The lowest BCUT2D eigenvalue weighted by Crippen LogP contribution is -2.12. The molecule has 3 aromatic rings. The van der Waals surface area contributed by atoms with Gasteiger partial charge in [-0.25, -0.2) is 9.37 Å². The largest absolute Gasteiger partial charge is 0.298 e. The van der Waals surface area contributed by atoms with Crippen molar-refractivity contribution in [3.8, 4) is 0 Å². The van der Waals surface area contributed by atoms with Crippen molar-refractivity contribution in [1.29, 1.82) is 0 Å². The molecule has 0 saturated carbocycles. The summed E-state index contributed by atoms with van der Waals surface area (Å²) >= 11 is 10.3. The van der Waals surface area contributed by atoms with E-state index in [0.717, 1.165) is 10.2 Å². The zero-order valence-electron chi connectivity index (χ0n) is 10.4. The first-order valence-electron chi connectivity index (χ1n) is 5.86. The molecule has 0 aliphatic carbocycles. The van der Waals surface area contributed by atoms with E-state index in [1.54, 1.807) is 18.2 Å². The molecule has 21 heavy (non-hydrogen) atoms. The molecule has 1 amide bonds. The highest BCUT2D eigenvalue weighted by molar-refractivity contribution is 9.10. The minimum absolute atomic E-state index is 0.131. The van der Waals surface area contributed by atoms with E-state index in [9.17, 15) is 9.18 Å². The van der Waals surface area contributed by atoms with E-state index in [2.05, 4.69) is 26.2 Å². The number of aromatic nitrogens is 1. The number of thiazole rings is 1. The van der Waals surface area contributed by atoms with Crippen LogP contribution in [0.1, 0.15) is 10.4 Å². The summed E-state index contributed by atoms with van der Waals surface area (Å²) < 4.78 is 14.4. The number of halogens is 3. The predicted molar refractivity (Wildman–Crippen MR) is 86.7 cm³/mol. The highest BCUT2D eigenvalue weighted by atomic mass is 79.9. The number of hydrogen-bond donors (Lipinski definition) is 1. The summed E-state index contributed by atoms with van der Waals surface area (Å²) in [5.41, 5.74) is 0.963. The van der Waals surface area contributed by atoms with E-state index < -0.39 is 11.7 Å². The van der Waals surface area contributed by atoms with Gasteiger partial charge in [0.15, 0.2) is 5.13 Å². The van der Waals surface area contributed by atoms with Crippen LogP contribution in [0, 0.1) is 5.82 Å². The molecule has 0 unspecified atom stereocenters. The third kappa shape index (κ3) is 2.92. The molecule has 7 heteroatoms. The topological polar surface area (TPSA) is 42.0 Å². The van der Waals surface area contributed by atoms with Gasteiger partial charge in [0.2, 0.25) is 0 Å². The van der Waals surface area contributed by atoms with Gasteiger partial charge < -0.3 is 0 Å². The number of rotatable bonds is 2. The van der Waals surface area contributed by atoms with Crippen LogP contribution >= 0.6 is 38.9 Å². The van der Waals surface area contributed by atoms with Crippen LogP contribution in [0.5, 0.6) is 0 Å². The summed E-state index contributed by atoms with van der Waals surface area (Å²) in [6.45, 7) is 0. The Morgan fingerprint density at radius 2 is 2.14 bits per heavy atom. The SMILES string of the molecule is O=C(Nc1nc2ccc(Cl)cc2s1)c1cccc(F)c1Br. The molecule has 0 bridgehead atoms. The molecule has 0 aliphatic rings. The zero-order valence-corrected chi connectivity index (χ0v) is 13.5. The van der Waals surface area contributed by atoms with Gasteiger partial charge in [0.1, 0.15) is 5.82 Å². The first-order valence-corrected chi connectivity index (χ1v) is 7.85. The molecule has 106 valence electrons. The Hall–Kier alpha value is -1.50. The maximum absolute atomic E-state index is 13.4. The molecule has 1 heterocycles. The Balaban J connectivity index is 1.91. The van der Waals surface area contributed by atoms with Crippen molar-refractivity contribution in [2.24, 2.45) is 0 Å². The van der Waals surface area contributed by atoms with Gasteiger partial charge in [-0.1, -0.05) is 29.0 Å². The molecule has 3 nitrogen and oxygen atoms in total. The first kappa shape index (κ1) is 14.4. The molecule has 0 atom stereocenters. The Morgan fingerprint density at radius 1 is 1.33 bits per heavy atom. The van der Waals surface area contributed by atoms with Gasteiger partial charge in [-0.05, 0) is 46.3 Å². The summed E-state index contributed by atoms with van der Waals surface area (Å²) in [4.78, 5) is 16.5. The van der Waals surface area contributed by atoms with Crippen molar-refractivity contribution in [2.75, 3.05) is 5.32 Å². The molecule has 2 aromatic carbocycles. The summed E-state index contributed by atoms with van der Waals surface area (Å²) in [7, 11) is 0. The van der Waals surface area contributed by atoms with E-state index in [4.69, 9.17) is 11.6 Å². The van der Waals surface area contributed by atoms with Gasteiger partial charge in [-0.3, -0.25) is 10.1 Å². The number of benzene rings is 2. The number of carbonyl (C=O) groups excluding carboxylic acids is 1. The van der Waals surface area contributed by atoms with Gasteiger partial charge in [-0.15, -0.1) is 0 Å². The number of anilines is 1. The van der Waals surface area contributed by atoms with Crippen molar-refractivity contribution in [2.45, 2.75) is 0 Å². The Bertz CT molecular complexity index is 852. The Morgan fingerprint density at radius 3 is 2.95 bits per heavy atom. The number of fused-ring (bicyclic) bond motifs is 1. The zero-order chi connectivity index (χ0) is 15.0. The van der Waals surface area contributed by atoms with Crippen molar-refractivity contribution in [3.63, 3.8) is 0 Å². The van der Waals surface area contributed by atoms with E-state index in [1.165, 1.54) is 29.5 Å². The second-order valence-corrected chi connectivity index (χ2v) is 6.45. The number of nitrogens with zero attached hydrogens (tertiary/aromatic N) is 1. The summed E-state index contributed by atoms with van der Waals surface area (Å²) in [5.74, 6) is -0.912. The molecule has 0 spiro atoms. The molecule has 0 aliphatic heterocycles. The van der Waals surface area contributed by atoms with Crippen molar-refractivity contribution in [1.82, 2.24) is 4.98 Å². The molecule has 0 fully saturated rings. The predicted octanol–water partition coefficient (Wildman–Crippen LogP) is 5.10. The van der Waals surface area contributed by atoms with Crippen LogP contribution in [0.3, 0.4) is 0 Å². The van der Waals surface area contributed by atoms with Gasteiger partial charge in [0.25, 0.3) is 5.91 Å². The van der Waals surface area contributed by atoms with E-state index in [1.807, 2.05) is 0 Å². The number of hydrogen-bond acceptors (Lipinski definition) is 3. The lowest BCUT2D eigenvalue weighted by atomic mass is 10.2. The second-order valence-electron chi connectivity index (χ2n) is 4.19. The molecule has 1 N–H and O–H groups in total. The fraction of sp³-hybridized carbons (Fsp3) is 0. The number of nitrogens with one attached hydrogen (secondary N) is 1. The van der Waals surface area contributed by atoms with Crippen molar-refractivity contribution in [3.05, 3.63) is 57.3 Å². The molecule has 0 saturated heterocycles. The minimum Gasteiger partial charge on any atom is -0.298 e. The van der Waals surface area contributed by atoms with E-state index in [-0.39, 0.29) is 10.0 Å². The summed E-state index contributed by atoms with van der Waals surface area (Å²) in [6.07, 6.45) is 0. The van der Waals surface area contributed by atoms with Crippen LogP contribution in [-0.2, 0) is 0 Å². The average Bonchev–Trinajstić information content (AvgIpc) is 2.83. The molecule has 1 aromatic heterocycles. The summed E-state index contributed by atoms with van der Waals surface area (Å²) in [5, 5.41) is 3.71. The minimum atomic E-state index is -0.487. The monoisotopic (exact) mass is 384 g/mol. The van der Waals surface area contributed by atoms with Gasteiger partial charge >= 0.3 is 0 Å². The van der Waals surface area contributed by atoms with Crippen LogP contribution in [-0.4, -0.2) is 10.9 Å². The van der Waals surface area contributed by atoms with E-state index in [0.29, 0.717) is 10.2 Å². The number of amides is 1. The number of carbonyl (C=O) groups is 1. The lowest BCUT2D eigenvalue weighted by molar-refractivity contribution is 0.102. The van der Waals surface area contributed by atoms with Crippen LogP contribution in [0.2, 0.25) is 5.02 Å². The highest BCUT2D eigenvalue weighted by Gasteiger charge is 2.15. The van der Waals surface area contributed by atoms with Crippen LogP contribution in [0.25, 0.3) is 10.2 Å². The lowest BCUT2D eigenvalue weighted by Gasteiger charge is -2.04. The third-order valence-corrected chi connectivity index (χ3v) is 4.74. The standard InChI is InChI=1S/C14H7BrClFN2OS/c15-12-8(2-1-3-9(12)17)13(20)19-14-18-10-5-4-7(16)6-11(10)21-14/h1-6H,(H,18,19,20). The summed E-state index contributed by atoms with van der Waals surface area (Å²) in [6, 6.07) is 9.59. The van der Waals surface area contributed by atoms with Crippen molar-refractivity contribution < 1.29 is 9.18 Å². The second kappa shape index (κ2) is 5.71. The Kier molecular flexibility index (Phi) is 3.93.